The summed E-state index contributed by atoms with van der Waals surface area (Å²) in [5.41, 5.74) is 0. The van der Waals surface area contributed by atoms with Crippen molar-refractivity contribution in [3.8, 4) is 0 Å². The van der Waals surface area contributed by atoms with Crippen LogP contribution in [0, 0.1) is 11.8 Å². The van der Waals surface area contributed by atoms with Gasteiger partial charge in [-0.05, 0) is 58.5 Å². The lowest BCUT2D eigenvalue weighted by Crippen LogP contribution is -2.47. The number of likely N-dealkylation sites (N-methyl/N-ethyl adjacent to an activating group) is 1. The van der Waals surface area contributed by atoms with Crippen molar-refractivity contribution >= 4 is 11.9 Å². The van der Waals surface area contributed by atoms with Crippen LogP contribution < -0.4 is 10.6 Å². The molecule has 1 saturated heterocycles. The summed E-state index contributed by atoms with van der Waals surface area (Å²) in [4.78, 5) is 21.4. The van der Waals surface area contributed by atoms with Crippen LogP contribution in [0.5, 0.6) is 0 Å². The van der Waals surface area contributed by atoms with Gasteiger partial charge in [-0.3, -0.25) is 9.79 Å². The van der Waals surface area contributed by atoms with Crippen LogP contribution in [0.25, 0.3) is 0 Å². The molecule has 6 heteroatoms. The lowest BCUT2D eigenvalue weighted by atomic mass is 9.83. The van der Waals surface area contributed by atoms with Gasteiger partial charge in [0, 0.05) is 39.1 Å². The van der Waals surface area contributed by atoms with Crippen molar-refractivity contribution in [1.82, 2.24) is 20.4 Å². The third-order valence-electron chi connectivity index (χ3n) is 6.29. The Kier molecular flexibility index (Phi) is 9.39. The number of carbonyl (C=O) groups is 1. The summed E-state index contributed by atoms with van der Waals surface area (Å²) in [5.74, 6) is 2.49. The van der Waals surface area contributed by atoms with E-state index >= 15 is 0 Å². The van der Waals surface area contributed by atoms with E-state index in [9.17, 15) is 4.79 Å². The van der Waals surface area contributed by atoms with Gasteiger partial charge in [-0.1, -0.05) is 19.3 Å². The number of hydrogen-bond donors (Lipinski definition) is 2. The molecule has 156 valence electrons. The minimum atomic E-state index is 0.162. The second-order valence-corrected chi connectivity index (χ2v) is 8.43. The molecule has 6 nitrogen and oxygen atoms in total. The summed E-state index contributed by atoms with van der Waals surface area (Å²) >= 11 is 0. The number of hydrogen-bond acceptors (Lipinski definition) is 3. The summed E-state index contributed by atoms with van der Waals surface area (Å²) in [5, 5.41) is 6.24. The molecule has 27 heavy (non-hydrogen) atoms. The summed E-state index contributed by atoms with van der Waals surface area (Å²) in [7, 11) is 6.12. The molecular formula is C21H41N5O. The van der Waals surface area contributed by atoms with Crippen LogP contribution in [0.3, 0.4) is 0 Å². The largest absolute Gasteiger partial charge is 0.359 e. The molecule has 1 saturated carbocycles. The standard InChI is InChI=1S/C21H41N5O/c1-5-23-21(26-13-11-17(12-14-26)15-20(27)22-2)24-16-19(25(3)4)18-9-7-6-8-10-18/h17-19H,5-16H2,1-4H3,(H,22,27)(H,23,24). The highest BCUT2D eigenvalue weighted by Gasteiger charge is 2.26. The number of nitrogens with zero attached hydrogens (tertiary/aromatic N) is 3. The smallest absolute Gasteiger partial charge is 0.220 e. The normalized spacial score (nSPS) is 21.4. The van der Waals surface area contributed by atoms with Gasteiger partial charge < -0.3 is 20.4 Å². The van der Waals surface area contributed by atoms with E-state index in [0.717, 1.165) is 50.9 Å². The van der Waals surface area contributed by atoms with Gasteiger partial charge >= 0.3 is 0 Å². The maximum atomic E-state index is 11.6. The first-order chi connectivity index (χ1) is 13.0. The maximum absolute atomic E-state index is 11.6. The monoisotopic (exact) mass is 379 g/mol. The molecule has 2 fully saturated rings. The molecule has 0 aromatic rings. The topological polar surface area (TPSA) is 60.0 Å². The van der Waals surface area contributed by atoms with Crippen molar-refractivity contribution in [3.63, 3.8) is 0 Å². The summed E-state index contributed by atoms with van der Waals surface area (Å²) in [6.45, 7) is 5.89. The predicted molar refractivity (Wildman–Crippen MR) is 113 cm³/mol. The minimum absolute atomic E-state index is 0.162. The van der Waals surface area contributed by atoms with E-state index < -0.39 is 0 Å². The third-order valence-corrected chi connectivity index (χ3v) is 6.29. The maximum Gasteiger partial charge on any atom is 0.220 e. The van der Waals surface area contributed by atoms with Crippen molar-refractivity contribution in [2.45, 2.75) is 64.3 Å². The Balaban J connectivity index is 1.93. The molecule has 0 aromatic carbocycles. The zero-order valence-corrected chi connectivity index (χ0v) is 18.0. The van der Waals surface area contributed by atoms with Crippen LogP contribution in [-0.2, 0) is 4.79 Å². The van der Waals surface area contributed by atoms with Gasteiger partial charge in [0.1, 0.15) is 0 Å². The number of amides is 1. The highest BCUT2D eigenvalue weighted by molar-refractivity contribution is 5.80. The molecule has 0 radical (unpaired) electrons. The Morgan fingerprint density at radius 3 is 2.37 bits per heavy atom. The third kappa shape index (κ3) is 6.98. The average molecular weight is 380 g/mol. The van der Waals surface area contributed by atoms with Crippen molar-refractivity contribution in [3.05, 3.63) is 0 Å². The number of rotatable bonds is 7. The van der Waals surface area contributed by atoms with E-state index in [4.69, 9.17) is 4.99 Å². The van der Waals surface area contributed by atoms with Crippen molar-refractivity contribution in [2.24, 2.45) is 16.8 Å². The molecule has 1 amide bonds. The average Bonchev–Trinajstić information content (AvgIpc) is 2.68. The quantitative estimate of drug-likeness (QED) is 0.526. The van der Waals surface area contributed by atoms with Gasteiger partial charge in [-0.2, -0.15) is 0 Å². The Labute approximate surface area is 166 Å². The van der Waals surface area contributed by atoms with E-state index in [2.05, 4.69) is 41.5 Å². The van der Waals surface area contributed by atoms with Gasteiger partial charge in [0.25, 0.3) is 0 Å². The number of guanidine groups is 1. The zero-order chi connectivity index (χ0) is 19.6. The molecule has 0 spiro atoms. The molecule has 2 N–H and O–H groups in total. The van der Waals surface area contributed by atoms with E-state index in [1.807, 2.05) is 0 Å². The van der Waals surface area contributed by atoms with E-state index in [-0.39, 0.29) is 5.91 Å². The van der Waals surface area contributed by atoms with Gasteiger partial charge in [0.15, 0.2) is 5.96 Å². The Morgan fingerprint density at radius 2 is 1.81 bits per heavy atom. The van der Waals surface area contributed by atoms with Crippen LogP contribution in [0.1, 0.15) is 58.3 Å². The van der Waals surface area contributed by atoms with Crippen molar-refractivity contribution in [2.75, 3.05) is 47.3 Å². The number of piperidine rings is 1. The van der Waals surface area contributed by atoms with Crippen LogP contribution in [0.2, 0.25) is 0 Å². The number of likely N-dealkylation sites (tertiary alicyclic amines) is 1. The fourth-order valence-electron chi connectivity index (χ4n) is 4.57. The Bertz CT molecular complexity index is 465. The predicted octanol–water partition coefficient (Wildman–Crippen LogP) is 2.31. The Hall–Kier alpha value is -1.30. The zero-order valence-electron chi connectivity index (χ0n) is 18.0. The van der Waals surface area contributed by atoms with Crippen LogP contribution in [-0.4, -0.2) is 75.0 Å². The van der Waals surface area contributed by atoms with Crippen molar-refractivity contribution in [1.29, 1.82) is 0 Å². The van der Waals surface area contributed by atoms with Gasteiger partial charge in [-0.15, -0.1) is 0 Å². The number of aliphatic imine (C=N–C) groups is 1. The van der Waals surface area contributed by atoms with E-state index in [1.165, 1.54) is 32.1 Å². The van der Waals surface area contributed by atoms with Crippen LogP contribution in [0.15, 0.2) is 4.99 Å². The molecule has 1 heterocycles. The number of carbonyl (C=O) groups excluding carboxylic acids is 1. The molecule has 2 rings (SSSR count). The molecule has 1 aliphatic carbocycles. The van der Waals surface area contributed by atoms with Gasteiger partial charge in [0.2, 0.25) is 5.91 Å². The number of nitrogens with one attached hydrogen (secondary N) is 2. The lowest BCUT2D eigenvalue weighted by Gasteiger charge is -2.36. The highest BCUT2D eigenvalue weighted by atomic mass is 16.1. The van der Waals surface area contributed by atoms with Gasteiger partial charge in [-0.25, -0.2) is 0 Å². The molecular weight excluding hydrogens is 338 g/mol. The molecule has 0 bridgehead atoms. The van der Waals surface area contributed by atoms with E-state index in [0.29, 0.717) is 18.4 Å². The highest BCUT2D eigenvalue weighted by Crippen LogP contribution is 2.28. The van der Waals surface area contributed by atoms with Crippen LogP contribution >= 0.6 is 0 Å². The molecule has 0 aromatic heterocycles. The summed E-state index contributed by atoms with van der Waals surface area (Å²) in [6.07, 6.45) is 9.62. The minimum Gasteiger partial charge on any atom is -0.359 e. The Morgan fingerprint density at radius 1 is 1.15 bits per heavy atom. The molecule has 1 unspecified atom stereocenters. The van der Waals surface area contributed by atoms with Gasteiger partial charge in [0.05, 0.1) is 6.54 Å². The summed E-state index contributed by atoms with van der Waals surface area (Å²) < 4.78 is 0. The van der Waals surface area contributed by atoms with Crippen molar-refractivity contribution < 1.29 is 4.79 Å². The lowest BCUT2D eigenvalue weighted by molar-refractivity contribution is -0.121. The van der Waals surface area contributed by atoms with E-state index in [1.54, 1.807) is 7.05 Å². The SMILES string of the molecule is CCNC(=NCC(C1CCCCC1)N(C)C)N1CCC(CC(=O)NC)CC1. The second kappa shape index (κ2) is 11.5. The summed E-state index contributed by atoms with van der Waals surface area (Å²) in [6, 6.07) is 0.532. The van der Waals surface area contributed by atoms with Crippen LogP contribution in [0.4, 0.5) is 0 Å². The fraction of sp³-hybridized carbons (Fsp3) is 0.905. The second-order valence-electron chi connectivity index (χ2n) is 8.43. The fourth-order valence-corrected chi connectivity index (χ4v) is 4.57. The first-order valence-corrected chi connectivity index (χ1v) is 10.9. The molecule has 1 aliphatic heterocycles. The first kappa shape index (κ1) is 22.0. The molecule has 1 atom stereocenters. The first-order valence-electron chi connectivity index (χ1n) is 10.9. The molecule has 2 aliphatic rings.